The molecule has 0 fully saturated rings. The van der Waals surface area contributed by atoms with Gasteiger partial charge in [0.1, 0.15) is 11.4 Å². The van der Waals surface area contributed by atoms with Crippen molar-refractivity contribution >= 4 is 6.29 Å². The van der Waals surface area contributed by atoms with Crippen LogP contribution in [0.15, 0.2) is 18.2 Å². The van der Waals surface area contributed by atoms with E-state index in [2.05, 4.69) is 5.10 Å². The Kier molecular flexibility index (Phi) is 3.19. The van der Waals surface area contributed by atoms with Crippen LogP contribution >= 0.6 is 0 Å². The van der Waals surface area contributed by atoms with E-state index in [0.29, 0.717) is 5.69 Å². The summed E-state index contributed by atoms with van der Waals surface area (Å²) in [7, 11) is 3.42. The zero-order valence-corrected chi connectivity index (χ0v) is 11.0. The second-order valence-corrected chi connectivity index (χ2v) is 4.33. The quantitative estimate of drug-likeness (QED) is 0.779. The third kappa shape index (κ3) is 2.01. The maximum absolute atomic E-state index is 10.8. The SMILES string of the molecule is COc1cc(C)c(-c2cc(C=O)n(C)n2)cc1C. The number of hydrogen-bond acceptors (Lipinski definition) is 3. The van der Waals surface area contributed by atoms with Crippen molar-refractivity contribution in [3.8, 4) is 17.0 Å². The van der Waals surface area contributed by atoms with Gasteiger partial charge in [-0.15, -0.1) is 0 Å². The highest BCUT2D eigenvalue weighted by atomic mass is 16.5. The molecule has 1 heterocycles. The third-order valence-electron chi connectivity index (χ3n) is 3.05. The largest absolute Gasteiger partial charge is 0.496 e. The van der Waals surface area contributed by atoms with Crippen LogP contribution in [0, 0.1) is 13.8 Å². The molecule has 2 rings (SSSR count). The molecule has 4 nitrogen and oxygen atoms in total. The van der Waals surface area contributed by atoms with Gasteiger partial charge in [-0.3, -0.25) is 9.48 Å². The maximum Gasteiger partial charge on any atom is 0.168 e. The van der Waals surface area contributed by atoms with Crippen LogP contribution in [-0.2, 0) is 7.05 Å². The lowest BCUT2D eigenvalue weighted by Gasteiger charge is -2.09. The first-order chi connectivity index (χ1) is 8.56. The number of methoxy groups -OCH3 is 1. The number of benzene rings is 1. The average Bonchev–Trinajstić information content (AvgIpc) is 2.72. The van der Waals surface area contributed by atoms with Gasteiger partial charge < -0.3 is 4.74 Å². The molecule has 0 unspecified atom stereocenters. The van der Waals surface area contributed by atoms with Crippen molar-refractivity contribution < 1.29 is 9.53 Å². The molecule has 0 saturated carbocycles. The summed E-state index contributed by atoms with van der Waals surface area (Å²) in [5, 5.41) is 4.35. The normalized spacial score (nSPS) is 10.4. The molecule has 0 aliphatic carbocycles. The van der Waals surface area contributed by atoms with Gasteiger partial charge in [0, 0.05) is 12.6 Å². The highest BCUT2D eigenvalue weighted by molar-refractivity contribution is 5.77. The van der Waals surface area contributed by atoms with Crippen LogP contribution in [0.3, 0.4) is 0 Å². The summed E-state index contributed by atoms with van der Waals surface area (Å²) in [5.74, 6) is 0.864. The molecule has 4 heteroatoms. The molecular weight excluding hydrogens is 228 g/mol. The summed E-state index contributed by atoms with van der Waals surface area (Å²) in [6.45, 7) is 4.00. The van der Waals surface area contributed by atoms with E-state index in [1.54, 1.807) is 24.9 Å². The van der Waals surface area contributed by atoms with Gasteiger partial charge in [-0.2, -0.15) is 5.10 Å². The molecule has 0 saturated heterocycles. The van der Waals surface area contributed by atoms with Gasteiger partial charge in [-0.1, -0.05) is 0 Å². The lowest BCUT2D eigenvalue weighted by molar-refractivity contribution is 0.111. The lowest BCUT2D eigenvalue weighted by atomic mass is 10.0. The number of carbonyl (C=O) groups is 1. The second kappa shape index (κ2) is 4.64. The summed E-state index contributed by atoms with van der Waals surface area (Å²) >= 11 is 0. The number of nitrogens with zero attached hydrogens (tertiary/aromatic N) is 2. The Labute approximate surface area is 106 Å². The smallest absolute Gasteiger partial charge is 0.168 e. The zero-order chi connectivity index (χ0) is 13.3. The molecule has 0 amide bonds. The highest BCUT2D eigenvalue weighted by Gasteiger charge is 2.11. The highest BCUT2D eigenvalue weighted by Crippen LogP contribution is 2.29. The average molecular weight is 244 g/mol. The Balaban J connectivity index is 2.56. The monoisotopic (exact) mass is 244 g/mol. The van der Waals surface area contributed by atoms with Crippen molar-refractivity contribution in [2.75, 3.05) is 7.11 Å². The van der Waals surface area contributed by atoms with Crippen LogP contribution in [0.25, 0.3) is 11.3 Å². The van der Waals surface area contributed by atoms with Crippen molar-refractivity contribution in [1.29, 1.82) is 0 Å². The number of aryl methyl sites for hydroxylation is 3. The molecule has 2 aromatic rings. The van der Waals surface area contributed by atoms with E-state index in [9.17, 15) is 4.79 Å². The summed E-state index contributed by atoms with van der Waals surface area (Å²) in [5.41, 5.74) is 4.53. The molecule has 18 heavy (non-hydrogen) atoms. The Bertz CT molecular complexity index is 600. The van der Waals surface area contributed by atoms with Crippen LogP contribution in [0.4, 0.5) is 0 Å². The fraction of sp³-hybridized carbons (Fsp3) is 0.286. The Morgan fingerprint density at radius 2 is 1.94 bits per heavy atom. The van der Waals surface area contributed by atoms with Crippen molar-refractivity contribution in [1.82, 2.24) is 9.78 Å². The summed E-state index contributed by atoms with van der Waals surface area (Å²) < 4.78 is 6.87. The van der Waals surface area contributed by atoms with Crippen LogP contribution in [0.5, 0.6) is 5.75 Å². The van der Waals surface area contributed by atoms with Crippen molar-refractivity contribution in [2.24, 2.45) is 7.05 Å². The van der Waals surface area contributed by atoms with Gasteiger partial charge in [0.05, 0.1) is 12.8 Å². The Morgan fingerprint density at radius 3 is 2.50 bits per heavy atom. The van der Waals surface area contributed by atoms with Gasteiger partial charge in [0.25, 0.3) is 0 Å². The summed E-state index contributed by atoms with van der Waals surface area (Å²) in [6.07, 6.45) is 0.808. The van der Waals surface area contributed by atoms with Crippen LogP contribution in [0.2, 0.25) is 0 Å². The van der Waals surface area contributed by atoms with E-state index in [1.165, 1.54) is 0 Å². The Morgan fingerprint density at radius 1 is 1.22 bits per heavy atom. The molecular formula is C14H16N2O2. The van der Waals surface area contributed by atoms with E-state index >= 15 is 0 Å². The van der Waals surface area contributed by atoms with Crippen LogP contribution < -0.4 is 4.74 Å². The molecule has 0 N–H and O–H groups in total. The minimum Gasteiger partial charge on any atom is -0.496 e. The van der Waals surface area contributed by atoms with Gasteiger partial charge >= 0.3 is 0 Å². The number of rotatable bonds is 3. The van der Waals surface area contributed by atoms with Crippen LogP contribution in [0.1, 0.15) is 21.6 Å². The predicted octanol–water partition coefficient (Wildman–Crippen LogP) is 2.53. The van der Waals surface area contributed by atoms with Crippen LogP contribution in [-0.4, -0.2) is 23.2 Å². The second-order valence-electron chi connectivity index (χ2n) is 4.33. The van der Waals surface area contributed by atoms with Crippen molar-refractivity contribution in [3.05, 3.63) is 35.0 Å². The van der Waals surface area contributed by atoms with Gasteiger partial charge in [0.2, 0.25) is 0 Å². The standard InChI is InChI=1S/C14H16N2O2/c1-9-6-14(18-4)10(2)5-12(9)13-7-11(8-17)16(3)15-13/h5-8H,1-4H3. The molecule has 0 atom stereocenters. The van der Waals surface area contributed by atoms with E-state index in [4.69, 9.17) is 4.74 Å². The third-order valence-corrected chi connectivity index (χ3v) is 3.05. The fourth-order valence-corrected chi connectivity index (χ4v) is 2.01. The molecule has 0 spiro atoms. The predicted molar refractivity (Wildman–Crippen MR) is 70.1 cm³/mol. The van der Waals surface area contributed by atoms with E-state index < -0.39 is 0 Å². The lowest BCUT2D eigenvalue weighted by Crippen LogP contribution is -1.96. The van der Waals surface area contributed by atoms with E-state index in [-0.39, 0.29) is 0 Å². The fourth-order valence-electron chi connectivity index (χ4n) is 2.01. The first-order valence-electron chi connectivity index (χ1n) is 5.71. The summed E-state index contributed by atoms with van der Waals surface area (Å²) in [4.78, 5) is 10.8. The molecule has 0 aliphatic heterocycles. The van der Waals surface area contributed by atoms with E-state index in [0.717, 1.165) is 34.4 Å². The number of aldehydes is 1. The van der Waals surface area contributed by atoms with Crippen molar-refractivity contribution in [2.45, 2.75) is 13.8 Å². The molecule has 1 aromatic heterocycles. The molecule has 0 aliphatic rings. The minimum atomic E-state index is 0.567. The first-order valence-corrected chi connectivity index (χ1v) is 5.71. The van der Waals surface area contributed by atoms with Crippen molar-refractivity contribution in [3.63, 3.8) is 0 Å². The number of hydrogen-bond donors (Lipinski definition) is 0. The van der Waals surface area contributed by atoms with E-state index in [1.807, 2.05) is 26.0 Å². The van der Waals surface area contributed by atoms with Gasteiger partial charge in [-0.25, -0.2) is 0 Å². The van der Waals surface area contributed by atoms with Gasteiger partial charge in [-0.05, 0) is 43.2 Å². The molecule has 1 aromatic carbocycles. The number of carbonyl (C=O) groups excluding carboxylic acids is 1. The summed E-state index contributed by atoms with van der Waals surface area (Å²) in [6, 6.07) is 5.81. The molecule has 0 bridgehead atoms. The molecule has 0 radical (unpaired) electrons. The molecule has 94 valence electrons. The minimum absolute atomic E-state index is 0.567. The Hall–Kier alpha value is -2.10. The zero-order valence-electron chi connectivity index (χ0n) is 11.0. The topological polar surface area (TPSA) is 44.1 Å². The first kappa shape index (κ1) is 12.4. The number of aromatic nitrogens is 2. The van der Waals surface area contributed by atoms with Gasteiger partial charge in [0.15, 0.2) is 6.29 Å². The number of ether oxygens (including phenoxy) is 1. The maximum atomic E-state index is 10.8.